The second kappa shape index (κ2) is 5.61. The van der Waals surface area contributed by atoms with Gasteiger partial charge < -0.3 is 16.0 Å². The van der Waals surface area contributed by atoms with Gasteiger partial charge >= 0.3 is 0 Å². The summed E-state index contributed by atoms with van der Waals surface area (Å²) in [4.78, 5) is 25.9. The fourth-order valence-electron chi connectivity index (χ4n) is 2.31. The van der Waals surface area contributed by atoms with Crippen LogP contribution in [0.4, 0.5) is 5.69 Å². The number of anilines is 1. The molecule has 1 heterocycles. The summed E-state index contributed by atoms with van der Waals surface area (Å²) in [6, 6.07) is 4.71. The number of benzene rings is 1. The van der Waals surface area contributed by atoms with Crippen molar-refractivity contribution in [2.75, 3.05) is 19.3 Å². The van der Waals surface area contributed by atoms with Crippen molar-refractivity contribution in [1.29, 1.82) is 0 Å². The van der Waals surface area contributed by atoms with Gasteiger partial charge in [0, 0.05) is 23.8 Å². The summed E-state index contributed by atoms with van der Waals surface area (Å²) in [5, 5.41) is 2.60. The van der Waals surface area contributed by atoms with Gasteiger partial charge in [0.1, 0.15) is 6.04 Å². The Morgan fingerprint density at radius 1 is 1.47 bits per heavy atom. The number of halogens is 1. The Labute approximate surface area is 120 Å². The van der Waals surface area contributed by atoms with Gasteiger partial charge in [0.2, 0.25) is 5.91 Å². The maximum atomic E-state index is 12.5. The van der Waals surface area contributed by atoms with Crippen LogP contribution in [-0.2, 0) is 4.79 Å². The molecule has 1 aromatic rings. The summed E-state index contributed by atoms with van der Waals surface area (Å²) in [7, 11) is 1.58. The molecule has 1 aliphatic heterocycles. The standard InChI is InChI=1S/C13H16BrN3O2/c1-16-12(18)11-3-2-6-17(11)13(19)9-7-8(15)4-5-10(9)14/h4-5,7,11H,2-3,6,15H2,1H3,(H,16,18). The van der Waals surface area contributed by atoms with Crippen LogP contribution in [0.15, 0.2) is 22.7 Å². The molecule has 102 valence electrons. The van der Waals surface area contributed by atoms with Crippen molar-refractivity contribution >= 4 is 33.4 Å². The van der Waals surface area contributed by atoms with Gasteiger partial charge in [-0.15, -0.1) is 0 Å². The minimum absolute atomic E-state index is 0.120. The first kappa shape index (κ1) is 13.9. The number of nitrogens with two attached hydrogens (primary N) is 1. The number of likely N-dealkylation sites (N-methyl/N-ethyl adjacent to an activating group) is 1. The van der Waals surface area contributed by atoms with E-state index in [1.54, 1.807) is 30.1 Å². The molecule has 1 aromatic carbocycles. The molecule has 1 unspecified atom stereocenters. The number of hydrogen-bond donors (Lipinski definition) is 2. The first-order valence-electron chi connectivity index (χ1n) is 6.12. The zero-order valence-corrected chi connectivity index (χ0v) is 12.2. The van der Waals surface area contributed by atoms with Crippen LogP contribution in [0.2, 0.25) is 0 Å². The number of nitrogens with one attached hydrogen (secondary N) is 1. The smallest absolute Gasteiger partial charge is 0.255 e. The topological polar surface area (TPSA) is 75.4 Å². The van der Waals surface area contributed by atoms with Crippen molar-refractivity contribution < 1.29 is 9.59 Å². The zero-order chi connectivity index (χ0) is 14.0. The van der Waals surface area contributed by atoms with Gasteiger partial charge in [-0.3, -0.25) is 9.59 Å². The lowest BCUT2D eigenvalue weighted by Crippen LogP contribution is -2.45. The maximum absolute atomic E-state index is 12.5. The van der Waals surface area contributed by atoms with Gasteiger partial charge in [-0.05, 0) is 47.0 Å². The van der Waals surface area contributed by atoms with E-state index < -0.39 is 0 Å². The van der Waals surface area contributed by atoms with Crippen molar-refractivity contribution in [3.8, 4) is 0 Å². The number of carbonyl (C=O) groups is 2. The average Bonchev–Trinajstić information content (AvgIpc) is 2.89. The quantitative estimate of drug-likeness (QED) is 0.807. The first-order valence-corrected chi connectivity index (χ1v) is 6.91. The lowest BCUT2D eigenvalue weighted by Gasteiger charge is -2.24. The Hall–Kier alpha value is -1.56. The molecule has 1 atom stereocenters. The van der Waals surface area contributed by atoms with E-state index in [2.05, 4.69) is 21.2 Å². The van der Waals surface area contributed by atoms with Gasteiger partial charge in [-0.2, -0.15) is 0 Å². The predicted molar refractivity (Wildman–Crippen MR) is 76.7 cm³/mol. The van der Waals surface area contributed by atoms with E-state index >= 15 is 0 Å². The van der Waals surface area contributed by atoms with Crippen molar-refractivity contribution in [3.05, 3.63) is 28.2 Å². The van der Waals surface area contributed by atoms with E-state index in [-0.39, 0.29) is 17.9 Å². The van der Waals surface area contributed by atoms with Crippen LogP contribution < -0.4 is 11.1 Å². The highest BCUT2D eigenvalue weighted by Crippen LogP contribution is 2.25. The number of rotatable bonds is 2. The number of nitrogens with zero attached hydrogens (tertiary/aromatic N) is 1. The van der Waals surface area contributed by atoms with Crippen LogP contribution in [0, 0.1) is 0 Å². The van der Waals surface area contributed by atoms with Crippen LogP contribution in [-0.4, -0.2) is 36.3 Å². The number of hydrogen-bond acceptors (Lipinski definition) is 3. The van der Waals surface area contributed by atoms with Gasteiger partial charge in [-0.1, -0.05) is 0 Å². The zero-order valence-electron chi connectivity index (χ0n) is 10.6. The molecule has 0 bridgehead atoms. The summed E-state index contributed by atoms with van der Waals surface area (Å²) in [5.74, 6) is -0.281. The molecular formula is C13H16BrN3O2. The van der Waals surface area contributed by atoms with Crippen LogP contribution in [0.25, 0.3) is 0 Å². The van der Waals surface area contributed by atoms with Crippen LogP contribution in [0.5, 0.6) is 0 Å². The highest BCUT2D eigenvalue weighted by Gasteiger charge is 2.34. The molecule has 0 radical (unpaired) electrons. The molecule has 3 N–H and O–H groups in total. The van der Waals surface area contributed by atoms with Crippen molar-refractivity contribution in [3.63, 3.8) is 0 Å². The summed E-state index contributed by atoms with van der Waals surface area (Å²) < 4.78 is 0.689. The molecule has 5 nitrogen and oxygen atoms in total. The Kier molecular flexibility index (Phi) is 4.09. The second-order valence-electron chi connectivity index (χ2n) is 4.51. The molecule has 6 heteroatoms. The van der Waals surface area contributed by atoms with E-state index in [9.17, 15) is 9.59 Å². The van der Waals surface area contributed by atoms with Crippen LogP contribution in [0.3, 0.4) is 0 Å². The second-order valence-corrected chi connectivity index (χ2v) is 5.36. The minimum Gasteiger partial charge on any atom is -0.399 e. The van der Waals surface area contributed by atoms with Crippen molar-refractivity contribution in [1.82, 2.24) is 10.2 Å². The SMILES string of the molecule is CNC(=O)C1CCCN1C(=O)c1cc(N)ccc1Br. The van der Waals surface area contributed by atoms with Gasteiger partial charge in [0.25, 0.3) is 5.91 Å². The number of carbonyl (C=O) groups excluding carboxylic acids is 2. The molecule has 0 saturated carbocycles. The number of nitrogen functional groups attached to an aromatic ring is 1. The van der Waals surface area contributed by atoms with Crippen LogP contribution in [0.1, 0.15) is 23.2 Å². The Bertz CT molecular complexity index is 519. The fourth-order valence-corrected chi connectivity index (χ4v) is 2.73. The van der Waals surface area contributed by atoms with Crippen molar-refractivity contribution in [2.45, 2.75) is 18.9 Å². The van der Waals surface area contributed by atoms with E-state index in [1.807, 2.05) is 0 Å². The minimum atomic E-state index is -0.383. The lowest BCUT2D eigenvalue weighted by molar-refractivity contribution is -0.124. The molecule has 1 saturated heterocycles. The number of amides is 2. The maximum Gasteiger partial charge on any atom is 0.255 e. The molecule has 1 fully saturated rings. The highest BCUT2D eigenvalue weighted by molar-refractivity contribution is 9.10. The van der Waals surface area contributed by atoms with Gasteiger partial charge in [0.05, 0.1) is 5.56 Å². The third kappa shape index (κ3) is 2.73. The van der Waals surface area contributed by atoms with E-state index in [1.165, 1.54) is 0 Å². The fraction of sp³-hybridized carbons (Fsp3) is 0.385. The van der Waals surface area contributed by atoms with Gasteiger partial charge in [0.15, 0.2) is 0 Å². The Morgan fingerprint density at radius 2 is 2.21 bits per heavy atom. The summed E-state index contributed by atoms with van der Waals surface area (Å²) in [6.45, 7) is 0.595. The monoisotopic (exact) mass is 325 g/mol. The molecule has 0 aromatic heterocycles. The predicted octanol–water partition coefficient (Wildman–Crippen LogP) is 1.38. The van der Waals surface area contributed by atoms with Crippen LogP contribution >= 0.6 is 15.9 Å². The van der Waals surface area contributed by atoms with Gasteiger partial charge in [-0.25, -0.2) is 0 Å². The Morgan fingerprint density at radius 3 is 2.89 bits per heavy atom. The molecule has 1 aliphatic rings. The van der Waals surface area contributed by atoms with Crippen molar-refractivity contribution in [2.24, 2.45) is 0 Å². The summed E-state index contributed by atoms with van der Waals surface area (Å²) >= 11 is 3.35. The summed E-state index contributed by atoms with van der Waals surface area (Å²) in [5.41, 5.74) is 6.74. The van der Waals surface area contributed by atoms with E-state index in [4.69, 9.17) is 5.73 Å². The highest BCUT2D eigenvalue weighted by atomic mass is 79.9. The Balaban J connectivity index is 2.28. The van der Waals surface area contributed by atoms with E-state index in [0.717, 1.165) is 6.42 Å². The van der Waals surface area contributed by atoms with E-state index in [0.29, 0.717) is 28.7 Å². The first-order chi connectivity index (χ1) is 9.04. The lowest BCUT2D eigenvalue weighted by atomic mass is 10.1. The normalized spacial score (nSPS) is 18.4. The number of likely N-dealkylation sites (tertiary alicyclic amines) is 1. The third-order valence-electron chi connectivity index (χ3n) is 3.28. The molecular weight excluding hydrogens is 310 g/mol. The third-order valence-corrected chi connectivity index (χ3v) is 3.98. The molecule has 0 aliphatic carbocycles. The molecule has 0 spiro atoms. The molecule has 2 rings (SSSR count). The molecule has 19 heavy (non-hydrogen) atoms. The largest absolute Gasteiger partial charge is 0.399 e. The molecule has 2 amide bonds. The summed E-state index contributed by atoms with van der Waals surface area (Å²) in [6.07, 6.45) is 1.54. The average molecular weight is 326 g/mol.